The smallest absolute Gasteiger partial charge is 0.305 e. The number of ether oxygens (including phenoxy) is 1. The summed E-state index contributed by atoms with van der Waals surface area (Å²) in [6.45, 7) is 5.40. The van der Waals surface area contributed by atoms with E-state index in [2.05, 4.69) is 15.5 Å². The van der Waals surface area contributed by atoms with Gasteiger partial charge in [-0.3, -0.25) is 9.59 Å². The van der Waals surface area contributed by atoms with E-state index in [4.69, 9.17) is 9.84 Å². The van der Waals surface area contributed by atoms with Gasteiger partial charge in [-0.1, -0.05) is 13.8 Å². The van der Waals surface area contributed by atoms with Gasteiger partial charge < -0.3 is 15.2 Å². The fourth-order valence-corrected chi connectivity index (χ4v) is 1.58. The van der Waals surface area contributed by atoms with Gasteiger partial charge in [0.25, 0.3) is 5.91 Å². The largest absolute Gasteiger partial charge is 0.481 e. The molecule has 110 valence electrons. The summed E-state index contributed by atoms with van der Waals surface area (Å²) in [6.07, 6.45) is -0.167. The first-order valence-corrected chi connectivity index (χ1v) is 6.20. The molecule has 1 heterocycles. The van der Waals surface area contributed by atoms with Gasteiger partial charge in [-0.05, 0) is 18.9 Å². The van der Waals surface area contributed by atoms with Crippen molar-refractivity contribution in [1.82, 2.24) is 15.5 Å². The van der Waals surface area contributed by atoms with Gasteiger partial charge in [0, 0.05) is 6.07 Å². The van der Waals surface area contributed by atoms with Gasteiger partial charge in [0.1, 0.15) is 0 Å². The lowest BCUT2D eigenvalue weighted by Gasteiger charge is -2.33. The average molecular weight is 281 g/mol. The van der Waals surface area contributed by atoms with Crippen molar-refractivity contribution in [3.8, 4) is 5.88 Å². The van der Waals surface area contributed by atoms with E-state index in [0.29, 0.717) is 5.88 Å². The first-order valence-electron chi connectivity index (χ1n) is 6.20. The van der Waals surface area contributed by atoms with Crippen LogP contribution in [-0.4, -0.2) is 39.8 Å². The number of aromatic nitrogens is 2. The number of aliphatic carboxylic acids is 1. The van der Waals surface area contributed by atoms with Gasteiger partial charge in [0.2, 0.25) is 5.88 Å². The molecule has 0 aromatic carbocycles. The van der Waals surface area contributed by atoms with Crippen molar-refractivity contribution < 1.29 is 19.4 Å². The van der Waals surface area contributed by atoms with Crippen molar-refractivity contribution in [3.05, 3.63) is 17.8 Å². The second-order valence-corrected chi connectivity index (χ2v) is 5.06. The van der Waals surface area contributed by atoms with E-state index < -0.39 is 17.4 Å². The van der Waals surface area contributed by atoms with E-state index in [-0.39, 0.29) is 18.0 Å². The monoisotopic (exact) mass is 281 g/mol. The standard InChI is InChI=1S/C13H19N3O4/c1-8(2)13(3,7-11(17)18)14-12(19)9-5-6-10(20-4)16-15-9/h5-6,8H,7H2,1-4H3,(H,14,19)(H,17,18). The van der Waals surface area contributed by atoms with E-state index in [1.165, 1.54) is 19.2 Å². The number of rotatable bonds is 6. The number of carbonyl (C=O) groups excluding carboxylic acids is 1. The number of carboxylic acids is 1. The molecule has 0 bridgehead atoms. The molecule has 1 aromatic rings. The number of amides is 1. The van der Waals surface area contributed by atoms with Gasteiger partial charge in [-0.2, -0.15) is 0 Å². The van der Waals surface area contributed by atoms with Crippen molar-refractivity contribution in [2.24, 2.45) is 5.92 Å². The molecule has 1 atom stereocenters. The maximum atomic E-state index is 12.1. The summed E-state index contributed by atoms with van der Waals surface area (Å²) >= 11 is 0. The summed E-state index contributed by atoms with van der Waals surface area (Å²) in [4.78, 5) is 23.0. The van der Waals surface area contributed by atoms with Gasteiger partial charge in [-0.25, -0.2) is 0 Å². The Morgan fingerprint density at radius 3 is 2.45 bits per heavy atom. The summed E-state index contributed by atoms with van der Waals surface area (Å²) in [6, 6.07) is 2.99. The van der Waals surface area contributed by atoms with Crippen molar-refractivity contribution in [3.63, 3.8) is 0 Å². The first kappa shape index (κ1) is 15.9. The molecule has 0 fully saturated rings. The summed E-state index contributed by atoms with van der Waals surface area (Å²) in [5.74, 6) is -1.17. The molecule has 1 aromatic heterocycles. The number of nitrogens with one attached hydrogen (secondary N) is 1. The summed E-state index contributed by atoms with van der Waals surface area (Å²) in [5, 5.41) is 19.1. The molecule has 7 nitrogen and oxygen atoms in total. The number of carbonyl (C=O) groups is 2. The average Bonchev–Trinajstić information content (AvgIpc) is 2.37. The van der Waals surface area contributed by atoms with Crippen LogP contribution >= 0.6 is 0 Å². The number of hydrogen-bond donors (Lipinski definition) is 2. The molecule has 0 spiro atoms. The zero-order valence-electron chi connectivity index (χ0n) is 12.0. The van der Waals surface area contributed by atoms with Crippen molar-refractivity contribution >= 4 is 11.9 Å². The SMILES string of the molecule is COc1ccc(C(=O)NC(C)(CC(=O)O)C(C)C)nn1. The van der Waals surface area contributed by atoms with Gasteiger partial charge >= 0.3 is 5.97 Å². The van der Waals surface area contributed by atoms with Gasteiger partial charge in [0.15, 0.2) is 5.69 Å². The number of nitrogens with zero attached hydrogens (tertiary/aromatic N) is 2. The number of methoxy groups -OCH3 is 1. The van der Waals surface area contributed by atoms with Crippen LogP contribution in [0.1, 0.15) is 37.7 Å². The Balaban J connectivity index is 2.87. The quantitative estimate of drug-likeness (QED) is 0.809. The van der Waals surface area contributed by atoms with Crippen molar-refractivity contribution in [2.45, 2.75) is 32.7 Å². The molecule has 7 heteroatoms. The number of carboxylic acid groups (broad SMARTS) is 1. The molecule has 1 unspecified atom stereocenters. The predicted molar refractivity (Wildman–Crippen MR) is 71.5 cm³/mol. The van der Waals surface area contributed by atoms with Gasteiger partial charge in [-0.15, -0.1) is 10.2 Å². The maximum absolute atomic E-state index is 12.1. The molecular weight excluding hydrogens is 262 g/mol. The highest BCUT2D eigenvalue weighted by molar-refractivity contribution is 5.93. The third-order valence-corrected chi connectivity index (χ3v) is 3.27. The normalized spacial score (nSPS) is 13.7. The van der Waals surface area contributed by atoms with Crippen LogP contribution in [0.4, 0.5) is 0 Å². The second kappa shape index (κ2) is 6.31. The molecule has 0 saturated carbocycles. The fraction of sp³-hybridized carbons (Fsp3) is 0.538. The predicted octanol–water partition coefficient (Wildman–Crippen LogP) is 1.10. The molecule has 0 aliphatic carbocycles. The lowest BCUT2D eigenvalue weighted by molar-refractivity contribution is -0.138. The Hall–Kier alpha value is -2.18. The van der Waals surface area contributed by atoms with Crippen LogP contribution in [0, 0.1) is 5.92 Å². The first-order chi connectivity index (χ1) is 9.28. The Kier molecular flexibility index (Phi) is 5.01. The molecule has 0 aliphatic heterocycles. The molecule has 0 saturated heterocycles. The summed E-state index contributed by atoms with van der Waals surface area (Å²) in [7, 11) is 1.45. The van der Waals surface area contributed by atoms with Crippen LogP contribution in [-0.2, 0) is 4.79 Å². The van der Waals surface area contributed by atoms with Crippen LogP contribution in [0.15, 0.2) is 12.1 Å². The van der Waals surface area contributed by atoms with Crippen LogP contribution in [0.3, 0.4) is 0 Å². The third-order valence-electron chi connectivity index (χ3n) is 3.27. The highest BCUT2D eigenvalue weighted by Gasteiger charge is 2.33. The van der Waals surface area contributed by atoms with E-state index in [1.54, 1.807) is 6.92 Å². The van der Waals surface area contributed by atoms with Crippen molar-refractivity contribution in [1.29, 1.82) is 0 Å². The van der Waals surface area contributed by atoms with Crippen LogP contribution in [0.2, 0.25) is 0 Å². The Morgan fingerprint density at radius 2 is 2.05 bits per heavy atom. The Morgan fingerprint density at radius 1 is 1.40 bits per heavy atom. The molecular formula is C13H19N3O4. The molecule has 1 amide bonds. The minimum absolute atomic E-state index is 0.0474. The highest BCUT2D eigenvalue weighted by atomic mass is 16.5. The minimum Gasteiger partial charge on any atom is -0.481 e. The topological polar surface area (TPSA) is 101 Å². The van der Waals surface area contributed by atoms with Crippen LogP contribution < -0.4 is 10.1 Å². The minimum atomic E-state index is -0.970. The lowest BCUT2D eigenvalue weighted by Crippen LogP contribution is -2.51. The number of hydrogen-bond acceptors (Lipinski definition) is 5. The Bertz CT molecular complexity index is 487. The molecule has 0 aliphatic rings. The van der Waals surface area contributed by atoms with E-state index in [0.717, 1.165) is 0 Å². The van der Waals surface area contributed by atoms with Crippen LogP contribution in [0.25, 0.3) is 0 Å². The Labute approximate surface area is 117 Å². The van der Waals surface area contributed by atoms with E-state index in [1.807, 2.05) is 13.8 Å². The van der Waals surface area contributed by atoms with E-state index in [9.17, 15) is 9.59 Å². The lowest BCUT2D eigenvalue weighted by atomic mass is 9.85. The van der Waals surface area contributed by atoms with Gasteiger partial charge in [0.05, 0.1) is 19.1 Å². The third kappa shape index (κ3) is 3.91. The molecule has 0 radical (unpaired) electrons. The zero-order chi connectivity index (χ0) is 15.3. The second-order valence-electron chi connectivity index (χ2n) is 5.06. The highest BCUT2D eigenvalue weighted by Crippen LogP contribution is 2.21. The van der Waals surface area contributed by atoms with E-state index >= 15 is 0 Å². The summed E-state index contributed by atoms with van der Waals surface area (Å²) in [5.41, 5.74) is -0.743. The summed E-state index contributed by atoms with van der Waals surface area (Å²) < 4.78 is 4.86. The maximum Gasteiger partial charge on any atom is 0.305 e. The molecule has 2 N–H and O–H groups in total. The van der Waals surface area contributed by atoms with Crippen molar-refractivity contribution in [2.75, 3.05) is 7.11 Å². The fourth-order valence-electron chi connectivity index (χ4n) is 1.58. The molecule has 1 rings (SSSR count). The zero-order valence-corrected chi connectivity index (χ0v) is 12.0. The van der Waals surface area contributed by atoms with Crippen LogP contribution in [0.5, 0.6) is 5.88 Å². The molecule has 20 heavy (non-hydrogen) atoms.